The predicted molar refractivity (Wildman–Crippen MR) is 100 cm³/mol. The Morgan fingerprint density at radius 2 is 2.04 bits per heavy atom. The summed E-state index contributed by atoms with van der Waals surface area (Å²) in [6.45, 7) is 4.18. The van der Waals surface area contributed by atoms with E-state index in [9.17, 15) is 9.59 Å². The second-order valence-electron chi connectivity index (χ2n) is 6.38. The molecule has 3 aromatic rings. The molecule has 0 atom stereocenters. The fourth-order valence-corrected chi connectivity index (χ4v) is 3.08. The van der Waals surface area contributed by atoms with Crippen molar-refractivity contribution < 1.29 is 18.7 Å². The van der Waals surface area contributed by atoms with E-state index in [4.69, 9.17) is 9.15 Å². The number of hydrogen-bond donors (Lipinski definition) is 0. The highest BCUT2D eigenvalue weighted by atomic mass is 16.5. The first kappa shape index (κ1) is 18.7. The van der Waals surface area contributed by atoms with E-state index in [0.29, 0.717) is 17.1 Å². The van der Waals surface area contributed by atoms with Gasteiger partial charge in [-0.2, -0.15) is 0 Å². The first-order valence-electron chi connectivity index (χ1n) is 8.80. The lowest BCUT2D eigenvalue weighted by Crippen LogP contribution is -2.30. The number of amides is 1. The van der Waals surface area contributed by atoms with Gasteiger partial charge in [0.2, 0.25) is 5.91 Å². The molecule has 142 valence electrons. The van der Waals surface area contributed by atoms with E-state index >= 15 is 0 Å². The van der Waals surface area contributed by atoms with Gasteiger partial charge in [0.25, 0.3) is 0 Å². The van der Waals surface area contributed by atoms with Crippen LogP contribution in [0.1, 0.15) is 34.6 Å². The van der Waals surface area contributed by atoms with Crippen LogP contribution in [0.5, 0.6) is 0 Å². The number of rotatable bonds is 6. The predicted octanol–water partition coefficient (Wildman–Crippen LogP) is 2.95. The van der Waals surface area contributed by atoms with Crippen molar-refractivity contribution in [3.05, 3.63) is 53.2 Å². The smallest absolute Gasteiger partial charge is 0.341 e. The van der Waals surface area contributed by atoms with Crippen molar-refractivity contribution in [3.63, 3.8) is 0 Å². The number of esters is 1. The van der Waals surface area contributed by atoms with Crippen LogP contribution in [0, 0.1) is 6.92 Å². The molecule has 0 aliphatic rings. The average molecular weight is 369 g/mol. The second-order valence-corrected chi connectivity index (χ2v) is 6.38. The van der Waals surface area contributed by atoms with E-state index in [-0.39, 0.29) is 19.0 Å². The van der Waals surface area contributed by atoms with Gasteiger partial charge in [-0.05, 0) is 25.1 Å². The summed E-state index contributed by atoms with van der Waals surface area (Å²) >= 11 is 0. The van der Waals surface area contributed by atoms with Crippen LogP contribution in [0.25, 0.3) is 11.0 Å². The number of likely N-dealkylation sites (N-methyl/N-ethyl adjacent to an activating group) is 1. The number of benzene rings is 1. The van der Waals surface area contributed by atoms with Gasteiger partial charge in [-0.3, -0.25) is 4.79 Å². The monoisotopic (exact) mass is 369 g/mol. The Morgan fingerprint density at radius 3 is 2.74 bits per heavy atom. The molecule has 7 nitrogen and oxygen atoms in total. The van der Waals surface area contributed by atoms with E-state index in [1.807, 2.05) is 35.8 Å². The summed E-state index contributed by atoms with van der Waals surface area (Å²) in [5.74, 6) is 1.37. The molecular formula is C20H23N3O4. The maximum Gasteiger partial charge on any atom is 0.341 e. The molecule has 7 heteroatoms. The van der Waals surface area contributed by atoms with Gasteiger partial charge in [0, 0.05) is 13.5 Å². The van der Waals surface area contributed by atoms with E-state index < -0.39 is 5.97 Å². The summed E-state index contributed by atoms with van der Waals surface area (Å²) in [5, 5.41) is 0. The highest BCUT2D eigenvalue weighted by Crippen LogP contribution is 2.19. The van der Waals surface area contributed by atoms with Crippen molar-refractivity contribution in [2.24, 2.45) is 0 Å². The molecule has 0 fully saturated rings. The maximum atomic E-state index is 12.8. The van der Waals surface area contributed by atoms with Gasteiger partial charge in [0.15, 0.2) is 0 Å². The van der Waals surface area contributed by atoms with E-state index in [1.54, 1.807) is 24.9 Å². The van der Waals surface area contributed by atoms with Gasteiger partial charge in [-0.15, -0.1) is 0 Å². The Hall–Kier alpha value is -3.09. The molecule has 0 radical (unpaired) electrons. The van der Waals surface area contributed by atoms with Crippen molar-refractivity contribution in [1.82, 2.24) is 14.5 Å². The fraction of sp³-hybridized carbons (Fsp3) is 0.350. The van der Waals surface area contributed by atoms with Gasteiger partial charge in [0.05, 0.1) is 24.7 Å². The number of imidazole rings is 1. The zero-order valence-electron chi connectivity index (χ0n) is 16.0. The number of aromatic nitrogens is 2. The number of fused-ring (bicyclic) bond motifs is 1. The van der Waals surface area contributed by atoms with Crippen LogP contribution in [0.4, 0.5) is 0 Å². The third-order valence-electron chi connectivity index (χ3n) is 4.54. The number of para-hydroxylation sites is 2. The number of nitrogens with zero attached hydrogens (tertiary/aromatic N) is 3. The number of carbonyl (C=O) groups is 2. The summed E-state index contributed by atoms with van der Waals surface area (Å²) < 4.78 is 12.3. The Labute approximate surface area is 157 Å². The van der Waals surface area contributed by atoms with E-state index in [0.717, 1.165) is 23.3 Å². The largest absolute Gasteiger partial charge is 0.465 e. The van der Waals surface area contributed by atoms with Crippen molar-refractivity contribution in [2.45, 2.75) is 33.4 Å². The topological polar surface area (TPSA) is 77.6 Å². The summed E-state index contributed by atoms with van der Waals surface area (Å²) in [5.41, 5.74) is 2.20. The Bertz CT molecular complexity index is 986. The molecule has 2 aromatic heterocycles. The van der Waals surface area contributed by atoms with Crippen LogP contribution in [0.15, 0.2) is 34.7 Å². The summed E-state index contributed by atoms with van der Waals surface area (Å²) in [6, 6.07) is 9.40. The van der Waals surface area contributed by atoms with Gasteiger partial charge in [0.1, 0.15) is 29.5 Å². The number of ether oxygens (including phenoxy) is 1. The molecule has 0 aliphatic heterocycles. The van der Waals surface area contributed by atoms with Gasteiger partial charge in [-0.25, -0.2) is 9.78 Å². The molecule has 0 spiro atoms. The standard InChI is InChI=1S/C20H23N3O4/c1-5-18-21-16-8-6-7-9-17(16)23(18)12-19(24)22(3)11-14-10-15(13(2)27-14)20(25)26-4/h6-10H,5,11-12H2,1-4H3. The van der Waals surface area contributed by atoms with Crippen LogP contribution in [-0.2, 0) is 29.0 Å². The number of methoxy groups -OCH3 is 1. The van der Waals surface area contributed by atoms with Crippen LogP contribution in [0.2, 0.25) is 0 Å². The molecule has 0 saturated heterocycles. The summed E-state index contributed by atoms with van der Waals surface area (Å²) in [6.07, 6.45) is 0.742. The molecule has 0 saturated carbocycles. The van der Waals surface area contributed by atoms with E-state index in [2.05, 4.69) is 4.98 Å². The van der Waals surface area contributed by atoms with E-state index in [1.165, 1.54) is 7.11 Å². The Kier molecular flexibility index (Phi) is 5.30. The molecule has 0 aliphatic carbocycles. The van der Waals surface area contributed by atoms with Crippen LogP contribution in [0.3, 0.4) is 0 Å². The zero-order valence-corrected chi connectivity index (χ0v) is 16.0. The number of furan rings is 1. The Morgan fingerprint density at radius 1 is 1.30 bits per heavy atom. The lowest BCUT2D eigenvalue weighted by Gasteiger charge is -2.17. The van der Waals surface area contributed by atoms with Crippen molar-refractivity contribution >= 4 is 22.9 Å². The average Bonchev–Trinajstić information content (AvgIpc) is 3.21. The lowest BCUT2D eigenvalue weighted by atomic mass is 10.2. The molecule has 27 heavy (non-hydrogen) atoms. The van der Waals surface area contributed by atoms with Crippen molar-refractivity contribution in [2.75, 3.05) is 14.2 Å². The molecule has 0 bridgehead atoms. The summed E-state index contributed by atoms with van der Waals surface area (Å²) in [4.78, 5) is 30.6. The molecule has 1 amide bonds. The first-order valence-corrected chi connectivity index (χ1v) is 8.80. The summed E-state index contributed by atoms with van der Waals surface area (Å²) in [7, 11) is 3.04. The highest BCUT2D eigenvalue weighted by Gasteiger charge is 2.19. The van der Waals surface area contributed by atoms with Crippen LogP contribution < -0.4 is 0 Å². The van der Waals surface area contributed by atoms with Gasteiger partial charge >= 0.3 is 5.97 Å². The minimum absolute atomic E-state index is 0.0680. The fourth-order valence-electron chi connectivity index (χ4n) is 3.08. The lowest BCUT2D eigenvalue weighted by molar-refractivity contribution is -0.131. The minimum atomic E-state index is -0.450. The molecule has 1 aromatic carbocycles. The van der Waals surface area contributed by atoms with Crippen LogP contribution in [-0.4, -0.2) is 40.5 Å². The van der Waals surface area contributed by atoms with Crippen molar-refractivity contribution in [3.8, 4) is 0 Å². The minimum Gasteiger partial charge on any atom is -0.465 e. The normalized spacial score (nSPS) is 11.0. The quantitative estimate of drug-likeness (QED) is 0.624. The SMILES string of the molecule is CCc1nc2ccccc2n1CC(=O)N(C)Cc1cc(C(=O)OC)c(C)o1. The molecular weight excluding hydrogens is 346 g/mol. The van der Waals surface area contributed by atoms with Gasteiger partial charge in [-0.1, -0.05) is 19.1 Å². The van der Waals surface area contributed by atoms with Crippen molar-refractivity contribution in [1.29, 1.82) is 0 Å². The third kappa shape index (κ3) is 3.72. The highest BCUT2D eigenvalue weighted by molar-refractivity contribution is 5.90. The second kappa shape index (κ2) is 7.65. The number of carbonyl (C=O) groups excluding carboxylic acids is 2. The molecule has 3 rings (SSSR count). The molecule has 0 unspecified atom stereocenters. The first-order chi connectivity index (χ1) is 12.9. The molecule has 0 N–H and O–H groups in total. The van der Waals surface area contributed by atoms with Crippen LogP contribution >= 0.6 is 0 Å². The van der Waals surface area contributed by atoms with Gasteiger partial charge < -0.3 is 18.6 Å². The Balaban J connectivity index is 1.76. The maximum absolute atomic E-state index is 12.8. The number of aryl methyl sites for hydroxylation is 2. The number of hydrogen-bond acceptors (Lipinski definition) is 5. The molecule has 2 heterocycles. The third-order valence-corrected chi connectivity index (χ3v) is 4.54. The zero-order chi connectivity index (χ0) is 19.6.